The molecule has 0 aromatic carbocycles. The van der Waals surface area contributed by atoms with Crippen molar-refractivity contribution in [1.29, 1.82) is 0 Å². The van der Waals surface area contributed by atoms with Gasteiger partial charge >= 0.3 is 12.0 Å². The number of aliphatic hydroxyl groups is 2. The molecular formula is C11H20N2O6. The first kappa shape index (κ1) is 15.7. The molecule has 1 saturated heterocycles. The summed E-state index contributed by atoms with van der Waals surface area (Å²) >= 11 is 0. The lowest BCUT2D eigenvalue weighted by atomic mass is 10.2. The van der Waals surface area contributed by atoms with Crippen LogP contribution in [0.15, 0.2) is 0 Å². The Balaban J connectivity index is 2.73. The quantitative estimate of drug-likeness (QED) is 0.548. The molecule has 110 valence electrons. The number of nitrogens with zero attached hydrogens (tertiary/aromatic N) is 2. The fourth-order valence-electron chi connectivity index (χ4n) is 2.07. The van der Waals surface area contributed by atoms with Crippen LogP contribution in [0.3, 0.4) is 0 Å². The first-order valence-corrected chi connectivity index (χ1v) is 6.07. The molecule has 0 aromatic rings. The van der Waals surface area contributed by atoms with Crippen molar-refractivity contribution in [2.24, 2.45) is 0 Å². The van der Waals surface area contributed by atoms with Crippen LogP contribution in [0.4, 0.5) is 4.79 Å². The molecule has 0 aromatic heterocycles. The Bertz CT molecular complexity index is 324. The monoisotopic (exact) mass is 276 g/mol. The van der Waals surface area contributed by atoms with E-state index in [1.807, 2.05) is 0 Å². The van der Waals surface area contributed by atoms with Crippen LogP contribution in [0.1, 0.15) is 6.42 Å². The Kier molecular flexibility index (Phi) is 6.00. The highest BCUT2D eigenvalue weighted by atomic mass is 16.5. The van der Waals surface area contributed by atoms with E-state index in [1.54, 1.807) is 0 Å². The second kappa shape index (κ2) is 7.27. The van der Waals surface area contributed by atoms with Crippen molar-refractivity contribution in [3.8, 4) is 0 Å². The van der Waals surface area contributed by atoms with Crippen molar-refractivity contribution < 1.29 is 29.6 Å². The Morgan fingerprint density at radius 2 is 2.11 bits per heavy atom. The summed E-state index contributed by atoms with van der Waals surface area (Å²) in [5, 5.41) is 27.5. The number of carboxylic acid groups (broad SMARTS) is 1. The zero-order chi connectivity index (χ0) is 14.4. The van der Waals surface area contributed by atoms with E-state index in [9.17, 15) is 14.7 Å². The van der Waals surface area contributed by atoms with E-state index in [2.05, 4.69) is 0 Å². The van der Waals surface area contributed by atoms with Gasteiger partial charge in [0.25, 0.3) is 0 Å². The van der Waals surface area contributed by atoms with Crippen molar-refractivity contribution in [3.05, 3.63) is 0 Å². The third kappa shape index (κ3) is 4.05. The second-order valence-electron chi connectivity index (χ2n) is 4.38. The van der Waals surface area contributed by atoms with Gasteiger partial charge in [0.05, 0.1) is 19.3 Å². The standard InChI is InChI=1S/C11H20N2O6/c1-19-5-3-12(2-4-14)11(18)13-7-8(15)6-9(13)10(16)17/h8-9,14-15H,2-7H2,1H3,(H,16,17)/t8?,9-/m0/s1. The number of amides is 2. The van der Waals surface area contributed by atoms with Crippen molar-refractivity contribution >= 4 is 12.0 Å². The third-order valence-corrected chi connectivity index (χ3v) is 3.02. The van der Waals surface area contributed by atoms with Gasteiger partial charge in [-0.05, 0) is 0 Å². The van der Waals surface area contributed by atoms with Crippen molar-refractivity contribution in [2.75, 3.05) is 40.0 Å². The topological polar surface area (TPSA) is 111 Å². The molecule has 1 aliphatic rings. The molecule has 1 rings (SSSR count). The minimum absolute atomic E-state index is 0.00922. The van der Waals surface area contributed by atoms with E-state index < -0.39 is 24.1 Å². The number of hydrogen-bond acceptors (Lipinski definition) is 5. The SMILES string of the molecule is COCCN(CCO)C(=O)N1CC(O)C[C@H]1C(=O)O. The first-order chi connectivity index (χ1) is 9.01. The van der Waals surface area contributed by atoms with Crippen molar-refractivity contribution in [3.63, 3.8) is 0 Å². The summed E-state index contributed by atoms with van der Waals surface area (Å²) in [6.07, 6.45) is -0.804. The van der Waals surface area contributed by atoms with Gasteiger partial charge in [-0.25, -0.2) is 9.59 Å². The number of β-amino-alcohol motifs (C(OH)–C–C–N with tert-alkyl or cyclic N) is 1. The largest absolute Gasteiger partial charge is 0.480 e. The van der Waals surface area contributed by atoms with Gasteiger partial charge in [0, 0.05) is 33.2 Å². The van der Waals surface area contributed by atoms with E-state index in [1.165, 1.54) is 12.0 Å². The number of rotatable bonds is 6. The number of carbonyl (C=O) groups excluding carboxylic acids is 1. The Labute approximate surface area is 111 Å². The van der Waals surface area contributed by atoms with Crippen LogP contribution >= 0.6 is 0 Å². The average molecular weight is 276 g/mol. The lowest BCUT2D eigenvalue weighted by Crippen LogP contribution is -2.49. The molecule has 8 heteroatoms. The van der Waals surface area contributed by atoms with Crippen LogP contribution in [0.2, 0.25) is 0 Å². The number of likely N-dealkylation sites (tertiary alicyclic amines) is 1. The maximum Gasteiger partial charge on any atom is 0.326 e. The Morgan fingerprint density at radius 3 is 2.63 bits per heavy atom. The Morgan fingerprint density at radius 1 is 1.42 bits per heavy atom. The molecule has 0 spiro atoms. The third-order valence-electron chi connectivity index (χ3n) is 3.02. The van der Waals surface area contributed by atoms with Crippen LogP contribution in [-0.4, -0.2) is 89.2 Å². The molecular weight excluding hydrogens is 256 g/mol. The molecule has 1 heterocycles. The maximum atomic E-state index is 12.2. The summed E-state index contributed by atoms with van der Waals surface area (Å²) in [7, 11) is 1.49. The number of carbonyl (C=O) groups is 2. The number of hydrogen-bond donors (Lipinski definition) is 3. The highest BCUT2D eigenvalue weighted by Gasteiger charge is 2.40. The van der Waals surface area contributed by atoms with Gasteiger partial charge in [-0.3, -0.25) is 0 Å². The van der Waals surface area contributed by atoms with Gasteiger partial charge in [-0.2, -0.15) is 0 Å². The molecule has 1 unspecified atom stereocenters. The molecule has 0 aliphatic carbocycles. The highest BCUT2D eigenvalue weighted by Crippen LogP contribution is 2.19. The molecule has 0 saturated carbocycles. The summed E-state index contributed by atoms with van der Waals surface area (Å²) < 4.78 is 4.87. The molecule has 0 bridgehead atoms. The normalized spacial score (nSPS) is 22.6. The van der Waals surface area contributed by atoms with Crippen LogP contribution < -0.4 is 0 Å². The molecule has 2 atom stereocenters. The fraction of sp³-hybridized carbons (Fsp3) is 0.818. The molecule has 19 heavy (non-hydrogen) atoms. The molecule has 1 fully saturated rings. The smallest absolute Gasteiger partial charge is 0.326 e. The zero-order valence-electron chi connectivity index (χ0n) is 10.9. The lowest BCUT2D eigenvalue weighted by molar-refractivity contribution is -0.141. The summed E-state index contributed by atoms with van der Waals surface area (Å²) in [5.41, 5.74) is 0. The predicted octanol–water partition coefficient (Wildman–Crippen LogP) is -1.43. The fourth-order valence-corrected chi connectivity index (χ4v) is 2.07. The second-order valence-corrected chi connectivity index (χ2v) is 4.38. The zero-order valence-corrected chi connectivity index (χ0v) is 10.9. The van der Waals surface area contributed by atoms with Gasteiger partial charge in [0.15, 0.2) is 0 Å². The van der Waals surface area contributed by atoms with Gasteiger partial charge in [-0.15, -0.1) is 0 Å². The van der Waals surface area contributed by atoms with Crippen LogP contribution in [0, 0.1) is 0 Å². The minimum atomic E-state index is -1.14. The molecule has 8 nitrogen and oxygen atoms in total. The average Bonchev–Trinajstić information content (AvgIpc) is 2.76. The van der Waals surface area contributed by atoms with Crippen LogP contribution in [0.25, 0.3) is 0 Å². The Hall–Kier alpha value is -1.38. The van der Waals surface area contributed by atoms with Crippen molar-refractivity contribution in [1.82, 2.24) is 9.80 Å². The molecule has 2 amide bonds. The van der Waals surface area contributed by atoms with E-state index in [-0.39, 0.29) is 32.7 Å². The van der Waals surface area contributed by atoms with Gasteiger partial charge in [0.1, 0.15) is 6.04 Å². The van der Waals surface area contributed by atoms with E-state index in [0.29, 0.717) is 6.61 Å². The van der Waals surface area contributed by atoms with Gasteiger partial charge < -0.3 is 29.9 Å². The van der Waals surface area contributed by atoms with E-state index in [4.69, 9.17) is 14.9 Å². The number of aliphatic carboxylic acids is 1. The van der Waals surface area contributed by atoms with Crippen molar-refractivity contribution in [2.45, 2.75) is 18.6 Å². The number of methoxy groups -OCH3 is 1. The molecule has 1 aliphatic heterocycles. The van der Waals surface area contributed by atoms with E-state index >= 15 is 0 Å². The van der Waals surface area contributed by atoms with Crippen LogP contribution in [-0.2, 0) is 9.53 Å². The molecule has 3 N–H and O–H groups in total. The van der Waals surface area contributed by atoms with Gasteiger partial charge in [0.2, 0.25) is 0 Å². The summed E-state index contributed by atoms with van der Waals surface area (Å²) in [6, 6.07) is -1.53. The maximum absolute atomic E-state index is 12.2. The number of aliphatic hydroxyl groups excluding tert-OH is 2. The first-order valence-electron chi connectivity index (χ1n) is 6.07. The predicted molar refractivity (Wildman–Crippen MR) is 64.7 cm³/mol. The lowest BCUT2D eigenvalue weighted by Gasteiger charge is -2.29. The summed E-state index contributed by atoms with van der Waals surface area (Å²) in [4.78, 5) is 25.7. The summed E-state index contributed by atoms with van der Waals surface area (Å²) in [5.74, 6) is -1.14. The number of ether oxygens (including phenoxy) is 1. The minimum Gasteiger partial charge on any atom is -0.480 e. The highest BCUT2D eigenvalue weighted by molar-refractivity contribution is 5.83. The van der Waals surface area contributed by atoms with E-state index in [0.717, 1.165) is 4.90 Å². The molecule has 0 radical (unpaired) electrons. The summed E-state index contributed by atoms with van der Waals surface area (Å²) in [6.45, 7) is 0.421. The number of urea groups is 1. The van der Waals surface area contributed by atoms with Crippen LogP contribution in [0.5, 0.6) is 0 Å². The number of carboxylic acids is 1. The van der Waals surface area contributed by atoms with Gasteiger partial charge in [-0.1, -0.05) is 0 Å².